The van der Waals surface area contributed by atoms with Crippen LogP contribution in [0, 0.1) is 11.3 Å². The smallest absolute Gasteiger partial charge is 0.318 e. The van der Waals surface area contributed by atoms with Crippen molar-refractivity contribution in [3.63, 3.8) is 0 Å². The van der Waals surface area contributed by atoms with Crippen molar-refractivity contribution >= 4 is 6.03 Å². The average molecular weight is 514 g/mol. The first-order chi connectivity index (χ1) is 18.7. The van der Waals surface area contributed by atoms with E-state index >= 15 is 0 Å². The zero-order chi connectivity index (χ0) is 26.6. The third-order valence-corrected chi connectivity index (χ3v) is 6.80. The topological polar surface area (TPSA) is 83.8 Å². The molecule has 3 aromatic carbocycles. The number of benzene rings is 3. The Kier molecular flexibility index (Phi) is 10.3. The molecule has 1 saturated heterocycles. The minimum absolute atomic E-state index is 0.106. The second-order valence-corrected chi connectivity index (χ2v) is 9.43. The molecule has 0 bridgehead atoms. The first-order valence-corrected chi connectivity index (χ1v) is 13.0. The van der Waals surface area contributed by atoms with E-state index in [1.807, 2.05) is 59.5 Å². The molecule has 3 aromatic rings. The van der Waals surface area contributed by atoms with Gasteiger partial charge in [0.2, 0.25) is 0 Å². The highest BCUT2D eigenvalue weighted by molar-refractivity contribution is 5.76. The third kappa shape index (κ3) is 7.65. The van der Waals surface area contributed by atoms with Crippen LogP contribution in [0.4, 0.5) is 4.79 Å². The minimum Gasteiger partial charge on any atom is -0.382 e. The summed E-state index contributed by atoms with van der Waals surface area (Å²) in [5, 5.41) is 12.6. The fraction of sp³-hybridized carbons (Fsp3) is 0.355. The molecule has 2 amide bonds. The maximum atomic E-state index is 13.6. The van der Waals surface area contributed by atoms with E-state index in [-0.39, 0.29) is 31.0 Å². The molecule has 0 aromatic heterocycles. The lowest BCUT2D eigenvalue weighted by atomic mass is 9.89. The summed E-state index contributed by atoms with van der Waals surface area (Å²) < 4.78 is 17.2. The Labute approximate surface area is 224 Å². The van der Waals surface area contributed by atoms with Gasteiger partial charge in [-0.25, -0.2) is 4.79 Å². The van der Waals surface area contributed by atoms with Crippen molar-refractivity contribution in [3.05, 3.63) is 107 Å². The van der Waals surface area contributed by atoms with E-state index in [2.05, 4.69) is 35.7 Å². The van der Waals surface area contributed by atoms with Crippen molar-refractivity contribution in [3.8, 4) is 6.07 Å². The van der Waals surface area contributed by atoms with Gasteiger partial charge in [0.25, 0.3) is 0 Å². The molecule has 1 fully saturated rings. The van der Waals surface area contributed by atoms with E-state index in [1.165, 1.54) is 5.56 Å². The number of nitrogens with one attached hydrogen (secondary N) is 1. The van der Waals surface area contributed by atoms with Crippen molar-refractivity contribution in [2.75, 3.05) is 27.1 Å². The fourth-order valence-electron chi connectivity index (χ4n) is 4.89. The van der Waals surface area contributed by atoms with Gasteiger partial charge in [-0.05, 0) is 48.1 Å². The predicted molar refractivity (Wildman–Crippen MR) is 145 cm³/mol. The first-order valence-electron chi connectivity index (χ1n) is 13.0. The minimum atomic E-state index is -0.307. The molecule has 7 nitrogen and oxygen atoms in total. The molecular formula is C31H35N3O4. The van der Waals surface area contributed by atoms with Crippen LogP contribution in [0.1, 0.15) is 28.7 Å². The number of urea groups is 1. The summed E-state index contributed by atoms with van der Waals surface area (Å²) in [7, 11) is 1.63. The molecule has 7 heteroatoms. The number of methoxy groups -OCH3 is 1. The van der Waals surface area contributed by atoms with E-state index in [0.29, 0.717) is 31.7 Å². The molecule has 3 atom stereocenters. The Morgan fingerprint density at radius 3 is 2.34 bits per heavy atom. The summed E-state index contributed by atoms with van der Waals surface area (Å²) in [5.74, 6) is 0. The SMILES string of the molecule is COCCOCO[C@H]1[C@@H](Cc2ccccc2)N(Cc2cccc(C#N)c2)C(=O)N[C@@H]1CCc1ccccc1. The Morgan fingerprint density at radius 2 is 1.63 bits per heavy atom. The summed E-state index contributed by atoms with van der Waals surface area (Å²) in [5.41, 5.74) is 3.81. The molecule has 198 valence electrons. The number of amides is 2. The van der Waals surface area contributed by atoms with Gasteiger partial charge in [-0.15, -0.1) is 0 Å². The van der Waals surface area contributed by atoms with Crippen molar-refractivity contribution in [1.82, 2.24) is 10.2 Å². The largest absolute Gasteiger partial charge is 0.382 e. The van der Waals surface area contributed by atoms with E-state index in [9.17, 15) is 10.1 Å². The molecular weight excluding hydrogens is 478 g/mol. The fourth-order valence-corrected chi connectivity index (χ4v) is 4.89. The average Bonchev–Trinajstić information content (AvgIpc) is 2.96. The summed E-state index contributed by atoms with van der Waals surface area (Å²) in [4.78, 5) is 15.4. The molecule has 0 aliphatic carbocycles. The van der Waals surface area contributed by atoms with E-state index in [1.54, 1.807) is 13.2 Å². The molecule has 0 saturated carbocycles. The summed E-state index contributed by atoms with van der Waals surface area (Å²) in [6.45, 7) is 1.39. The van der Waals surface area contributed by atoms with Crippen molar-refractivity contribution in [2.45, 2.75) is 44.0 Å². The predicted octanol–water partition coefficient (Wildman–Crippen LogP) is 4.70. The monoisotopic (exact) mass is 513 g/mol. The van der Waals surface area contributed by atoms with Crippen LogP contribution in [0.5, 0.6) is 0 Å². The summed E-state index contributed by atoms with van der Waals surface area (Å²) in [6.07, 6.45) is 1.88. The van der Waals surface area contributed by atoms with Gasteiger partial charge < -0.3 is 24.4 Å². The van der Waals surface area contributed by atoms with Crippen LogP contribution in [0.2, 0.25) is 0 Å². The molecule has 1 N–H and O–H groups in total. The van der Waals surface area contributed by atoms with Gasteiger partial charge >= 0.3 is 6.03 Å². The standard InChI is InChI=1S/C31H35N3O4/c1-36-17-18-37-23-38-30-28(16-15-24-9-4-2-5-10-24)33-31(35)34(22-27-14-8-13-26(19-27)21-32)29(30)20-25-11-6-3-7-12-25/h2-14,19,28-30H,15-18,20,22-23H2,1H3,(H,33,35)/t28-,29-,30-/m1/s1. The van der Waals surface area contributed by atoms with Crippen molar-refractivity contribution in [1.29, 1.82) is 5.26 Å². The lowest BCUT2D eigenvalue weighted by molar-refractivity contribution is -0.132. The van der Waals surface area contributed by atoms with Gasteiger partial charge in [0.05, 0.1) is 36.9 Å². The van der Waals surface area contributed by atoms with E-state index in [0.717, 1.165) is 24.0 Å². The number of hydrogen-bond donors (Lipinski definition) is 1. The van der Waals surface area contributed by atoms with Crippen LogP contribution >= 0.6 is 0 Å². The van der Waals surface area contributed by atoms with Crippen LogP contribution in [-0.2, 0) is 33.6 Å². The third-order valence-electron chi connectivity index (χ3n) is 6.80. The van der Waals surface area contributed by atoms with Gasteiger partial charge in [-0.3, -0.25) is 0 Å². The van der Waals surface area contributed by atoms with Crippen LogP contribution < -0.4 is 5.32 Å². The van der Waals surface area contributed by atoms with Crippen LogP contribution in [-0.4, -0.2) is 56.2 Å². The highest BCUT2D eigenvalue weighted by Crippen LogP contribution is 2.27. The number of carbonyl (C=O) groups is 1. The highest BCUT2D eigenvalue weighted by atomic mass is 16.7. The lowest BCUT2D eigenvalue weighted by Gasteiger charge is -2.46. The van der Waals surface area contributed by atoms with Crippen LogP contribution in [0.25, 0.3) is 0 Å². The van der Waals surface area contributed by atoms with Gasteiger partial charge in [-0.1, -0.05) is 72.8 Å². The maximum absolute atomic E-state index is 13.6. The Bertz CT molecular complexity index is 1180. The zero-order valence-corrected chi connectivity index (χ0v) is 21.8. The highest BCUT2D eigenvalue weighted by Gasteiger charge is 2.42. The molecule has 38 heavy (non-hydrogen) atoms. The summed E-state index contributed by atoms with van der Waals surface area (Å²) >= 11 is 0. The quantitative estimate of drug-likeness (QED) is 0.265. The number of aryl methyl sites for hydroxylation is 1. The number of hydrogen-bond acceptors (Lipinski definition) is 5. The van der Waals surface area contributed by atoms with Crippen LogP contribution in [0.15, 0.2) is 84.9 Å². The molecule has 1 aliphatic heterocycles. The van der Waals surface area contributed by atoms with Gasteiger partial charge in [0, 0.05) is 13.7 Å². The Morgan fingerprint density at radius 1 is 0.921 bits per heavy atom. The number of rotatable bonds is 13. The molecule has 1 heterocycles. The first kappa shape index (κ1) is 27.3. The van der Waals surface area contributed by atoms with Crippen molar-refractivity contribution < 1.29 is 19.0 Å². The molecule has 0 spiro atoms. The van der Waals surface area contributed by atoms with Gasteiger partial charge in [0.1, 0.15) is 12.9 Å². The van der Waals surface area contributed by atoms with Gasteiger partial charge in [0.15, 0.2) is 0 Å². The van der Waals surface area contributed by atoms with E-state index < -0.39 is 0 Å². The number of ether oxygens (including phenoxy) is 3. The van der Waals surface area contributed by atoms with Crippen molar-refractivity contribution in [2.24, 2.45) is 0 Å². The number of nitriles is 1. The molecule has 0 unspecified atom stereocenters. The second-order valence-electron chi connectivity index (χ2n) is 9.43. The maximum Gasteiger partial charge on any atom is 0.318 e. The molecule has 0 radical (unpaired) electrons. The Balaban J connectivity index is 1.60. The Hall–Kier alpha value is -3.70. The van der Waals surface area contributed by atoms with Gasteiger partial charge in [-0.2, -0.15) is 5.26 Å². The summed E-state index contributed by atoms with van der Waals surface area (Å²) in [6, 6.07) is 29.4. The normalized spacial score (nSPS) is 19.1. The zero-order valence-electron chi connectivity index (χ0n) is 21.8. The molecule has 1 aliphatic rings. The number of carbonyl (C=O) groups excluding carboxylic acids is 1. The number of nitrogens with zero attached hydrogens (tertiary/aromatic N) is 2. The lowest BCUT2D eigenvalue weighted by Crippen LogP contribution is -2.66. The second kappa shape index (κ2) is 14.3. The van der Waals surface area contributed by atoms with Crippen LogP contribution in [0.3, 0.4) is 0 Å². The molecule has 4 rings (SSSR count). The van der Waals surface area contributed by atoms with E-state index in [4.69, 9.17) is 14.2 Å².